The van der Waals surface area contributed by atoms with E-state index in [1.54, 1.807) is 0 Å². The maximum absolute atomic E-state index is 13.8. The van der Waals surface area contributed by atoms with Crippen molar-refractivity contribution in [2.24, 2.45) is 0 Å². The normalized spacial score (nSPS) is 15.9. The summed E-state index contributed by atoms with van der Waals surface area (Å²) in [6.07, 6.45) is 1.98. The molecule has 1 aliphatic rings. The molecule has 0 radical (unpaired) electrons. The van der Waals surface area contributed by atoms with Gasteiger partial charge in [-0.3, -0.25) is 4.79 Å². The van der Waals surface area contributed by atoms with Crippen molar-refractivity contribution >= 4 is 5.91 Å². The second-order valence-electron chi connectivity index (χ2n) is 6.52. The van der Waals surface area contributed by atoms with Gasteiger partial charge in [0, 0.05) is 12.1 Å². The van der Waals surface area contributed by atoms with E-state index in [-0.39, 0.29) is 23.9 Å². The molecule has 0 unspecified atom stereocenters. The number of halogens is 2. The van der Waals surface area contributed by atoms with Gasteiger partial charge >= 0.3 is 0 Å². The summed E-state index contributed by atoms with van der Waals surface area (Å²) in [5.41, 5.74) is 2.21. The highest BCUT2D eigenvalue weighted by atomic mass is 19.1. The second-order valence-corrected chi connectivity index (χ2v) is 6.52. The fourth-order valence-electron chi connectivity index (χ4n) is 3.25. The number of ether oxygens (including phenoxy) is 1. The molecule has 0 saturated carbocycles. The van der Waals surface area contributed by atoms with Gasteiger partial charge < -0.3 is 10.1 Å². The summed E-state index contributed by atoms with van der Waals surface area (Å²) in [6, 6.07) is 11.6. The molecular formula is C20H18F2N4O2. The first kappa shape index (κ1) is 18.2. The van der Waals surface area contributed by atoms with Gasteiger partial charge in [0.25, 0.3) is 5.91 Å². The van der Waals surface area contributed by atoms with Gasteiger partial charge in [-0.05, 0) is 29.7 Å². The maximum atomic E-state index is 13.8. The van der Waals surface area contributed by atoms with Crippen LogP contribution < -0.4 is 5.32 Å². The predicted molar refractivity (Wildman–Crippen MR) is 96.7 cm³/mol. The van der Waals surface area contributed by atoms with Crippen molar-refractivity contribution < 1.29 is 18.3 Å². The number of nitrogens with one attached hydrogen (secondary N) is 1. The molecule has 1 N–H and O–H groups in total. The Balaban J connectivity index is 1.40. The molecule has 6 nitrogen and oxygen atoms in total. The molecule has 3 aromatic rings. The average Bonchev–Trinajstić information content (AvgIpc) is 3.18. The number of amides is 1. The Morgan fingerprint density at radius 1 is 1.18 bits per heavy atom. The van der Waals surface area contributed by atoms with Crippen LogP contribution in [-0.2, 0) is 17.7 Å². The number of rotatable bonds is 5. The molecule has 8 heteroatoms. The van der Waals surface area contributed by atoms with Crippen LogP contribution in [0.1, 0.15) is 33.3 Å². The lowest BCUT2D eigenvalue weighted by molar-refractivity contribution is 0.0411. The van der Waals surface area contributed by atoms with E-state index in [4.69, 9.17) is 4.74 Å². The van der Waals surface area contributed by atoms with Crippen LogP contribution >= 0.6 is 0 Å². The van der Waals surface area contributed by atoms with Crippen LogP contribution in [0.3, 0.4) is 0 Å². The van der Waals surface area contributed by atoms with E-state index in [1.165, 1.54) is 34.6 Å². The number of carbonyl (C=O) groups excluding carboxylic acids is 1. The van der Waals surface area contributed by atoms with Crippen LogP contribution in [0.2, 0.25) is 0 Å². The molecule has 0 aliphatic carbocycles. The van der Waals surface area contributed by atoms with Crippen molar-refractivity contribution in [1.82, 2.24) is 20.3 Å². The second kappa shape index (κ2) is 7.85. The van der Waals surface area contributed by atoms with Crippen LogP contribution in [0.15, 0.2) is 48.7 Å². The molecule has 144 valence electrons. The monoisotopic (exact) mass is 384 g/mol. The lowest BCUT2D eigenvalue weighted by atomic mass is 9.97. The summed E-state index contributed by atoms with van der Waals surface area (Å²) in [7, 11) is 0. The third kappa shape index (κ3) is 3.77. The van der Waals surface area contributed by atoms with Gasteiger partial charge in [-0.2, -0.15) is 0 Å². The summed E-state index contributed by atoms with van der Waals surface area (Å²) in [6.45, 7) is 0.741. The minimum atomic E-state index is -0.672. The summed E-state index contributed by atoms with van der Waals surface area (Å²) in [5, 5.41) is 10.4. The zero-order valence-electron chi connectivity index (χ0n) is 14.9. The Labute approximate surface area is 160 Å². The van der Waals surface area contributed by atoms with Crippen LogP contribution in [0, 0.1) is 11.6 Å². The van der Waals surface area contributed by atoms with E-state index in [0.29, 0.717) is 13.2 Å². The molecule has 28 heavy (non-hydrogen) atoms. The number of fused-ring (bicyclic) bond motifs is 1. The Hall–Kier alpha value is -3.13. The van der Waals surface area contributed by atoms with Crippen LogP contribution in [0.4, 0.5) is 8.78 Å². The number of aromatic nitrogens is 3. The van der Waals surface area contributed by atoms with Crippen molar-refractivity contribution in [3.63, 3.8) is 0 Å². The number of hydrogen-bond donors (Lipinski definition) is 1. The molecule has 2 heterocycles. The third-order valence-corrected chi connectivity index (χ3v) is 4.69. The van der Waals surface area contributed by atoms with Crippen molar-refractivity contribution in [3.05, 3.63) is 82.7 Å². The van der Waals surface area contributed by atoms with E-state index in [0.717, 1.165) is 12.0 Å². The standard InChI is InChI=1S/C20H18F2N4O2/c21-16-6-3-7-17(22)15(16)11-26-12-18(24-25-26)20(27)23-10-19-14-5-2-1-4-13(14)8-9-28-19/h1-7,12,19H,8-11H2,(H,23,27)/t19-/m1/s1. The molecule has 0 spiro atoms. The lowest BCUT2D eigenvalue weighted by Gasteiger charge is -2.26. The lowest BCUT2D eigenvalue weighted by Crippen LogP contribution is -2.32. The maximum Gasteiger partial charge on any atom is 0.273 e. The van der Waals surface area contributed by atoms with Gasteiger partial charge in [-0.15, -0.1) is 5.10 Å². The van der Waals surface area contributed by atoms with Gasteiger partial charge in [0.05, 0.1) is 19.3 Å². The zero-order chi connectivity index (χ0) is 19.5. The Morgan fingerprint density at radius 3 is 2.79 bits per heavy atom. The summed E-state index contributed by atoms with van der Waals surface area (Å²) in [5.74, 6) is -1.77. The van der Waals surface area contributed by atoms with E-state index in [2.05, 4.69) is 21.7 Å². The summed E-state index contributed by atoms with van der Waals surface area (Å²) in [4.78, 5) is 12.4. The van der Waals surface area contributed by atoms with E-state index in [9.17, 15) is 13.6 Å². The first-order valence-electron chi connectivity index (χ1n) is 8.92. The topological polar surface area (TPSA) is 69.0 Å². The molecule has 0 fully saturated rings. The average molecular weight is 384 g/mol. The Bertz CT molecular complexity index is 985. The first-order valence-corrected chi connectivity index (χ1v) is 8.92. The van der Waals surface area contributed by atoms with Gasteiger partial charge in [0.1, 0.15) is 17.7 Å². The van der Waals surface area contributed by atoms with Crippen molar-refractivity contribution in [2.45, 2.75) is 19.1 Å². The quantitative estimate of drug-likeness (QED) is 0.734. The van der Waals surface area contributed by atoms with Gasteiger partial charge in [-0.25, -0.2) is 13.5 Å². The van der Waals surface area contributed by atoms with Gasteiger partial charge in [0.15, 0.2) is 5.69 Å². The van der Waals surface area contributed by atoms with Gasteiger partial charge in [-0.1, -0.05) is 35.5 Å². The van der Waals surface area contributed by atoms with Crippen molar-refractivity contribution in [3.8, 4) is 0 Å². The fourth-order valence-corrected chi connectivity index (χ4v) is 3.25. The van der Waals surface area contributed by atoms with Crippen LogP contribution in [0.25, 0.3) is 0 Å². The molecule has 0 bridgehead atoms. The van der Waals surface area contributed by atoms with E-state index >= 15 is 0 Å². The number of hydrogen-bond acceptors (Lipinski definition) is 4. The minimum absolute atomic E-state index is 0.0702. The molecule has 1 aliphatic heterocycles. The fraction of sp³-hybridized carbons (Fsp3) is 0.250. The van der Waals surface area contributed by atoms with Crippen molar-refractivity contribution in [1.29, 1.82) is 0 Å². The van der Waals surface area contributed by atoms with E-state index < -0.39 is 17.5 Å². The number of carbonyl (C=O) groups is 1. The smallest absolute Gasteiger partial charge is 0.273 e. The Kier molecular flexibility index (Phi) is 5.12. The molecule has 1 aromatic heterocycles. The molecule has 4 rings (SSSR count). The molecule has 1 atom stereocenters. The SMILES string of the molecule is O=C(NC[C@H]1OCCc2ccccc21)c1cn(Cc2c(F)cccc2F)nn1. The zero-order valence-corrected chi connectivity index (χ0v) is 14.9. The highest BCUT2D eigenvalue weighted by Crippen LogP contribution is 2.26. The van der Waals surface area contributed by atoms with Crippen molar-refractivity contribution in [2.75, 3.05) is 13.2 Å². The number of nitrogens with zero attached hydrogens (tertiary/aromatic N) is 3. The summed E-state index contributed by atoms with van der Waals surface area (Å²) < 4.78 is 34.5. The summed E-state index contributed by atoms with van der Waals surface area (Å²) >= 11 is 0. The molecular weight excluding hydrogens is 366 g/mol. The van der Waals surface area contributed by atoms with Gasteiger partial charge in [0.2, 0.25) is 0 Å². The molecule has 2 aromatic carbocycles. The first-order chi connectivity index (χ1) is 13.6. The predicted octanol–water partition coefficient (Wildman–Crippen LogP) is 2.65. The highest BCUT2D eigenvalue weighted by Gasteiger charge is 2.22. The Morgan fingerprint density at radius 2 is 1.96 bits per heavy atom. The van der Waals surface area contributed by atoms with Crippen LogP contribution in [-0.4, -0.2) is 34.1 Å². The highest BCUT2D eigenvalue weighted by molar-refractivity contribution is 5.91. The van der Waals surface area contributed by atoms with E-state index in [1.807, 2.05) is 18.2 Å². The third-order valence-electron chi connectivity index (χ3n) is 4.69. The minimum Gasteiger partial charge on any atom is -0.371 e. The molecule has 0 saturated heterocycles. The van der Waals surface area contributed by atoms with Crippen LogP contribution in [0.5, 0.6) is 0 Å². The number of benzene rings is 2. The largest absolute Gasteiger partial charge is 0.371 e. The molecule has 1 amide bonds.